The number of likely N-dealkylation sites (tertiary alicyclic amines) is 1. The Morgan fingerprint density at radius 1 is 1.52 bits per heavy atom. The van der Waals surface area contributed by atoms with Gasteiger partial charge in [0.25, 0.3) is 0 Å². The standard InChI is InChI=1S/C14H23N3O3.ClH/c1-11-9-13(20-15-11)10-17-7-3-12(4-8-17)16(2)6-5-14(18)19;/h9,12H,3-8,10H2,1-2H3,(H,18,19);1H. The summed E-state index contributed by atoms with van der Waals surface area (Å²) in [5, 5.41) is 12.6. The van der Waals surface area contributed by atoms with Gasteiger partial charge in [-0.25, -0.2) is 0 Å². The molecule has 0 saturated carbocycles. The molecule has 0 bridgehead atoms. The van der Waals surface area contributed by atoms with Gasteiger partial charge in [0.2, 0.25) is 0 Å². The van der Waals surface area contributed by atoms with Crippen LogP contribution in [-0.2, 0) is 11.3 Å². The molecule has 0 atom stereocenters. The van der Waals surface area contributed by atoms with Gasteiger partial charge in [0.1, 0.15) is 0 Å². The lowest BCUT2D eigenvalue weighted by Crippen LogP contribution is -2.43. The van der Waals surface area contributed by atoms with E-state index >= 15 is 0 Å². The summed E-state index contributed by atoms with van der Waals surface area (Å²) in [4.78, 5) is 15.1. The zero-order valence-electron chi connectivity index (χ0n) is 12.6. The van der Waals surface area contributed by atoms with Gasteiger partial charge < -0.3 is 14.5 Å². The number of rotatable bonds is 6. The van der Waals surface area contributed by atoms with E-state index in [4.69, 9.17) is 9.63 Å². The first kappa shape index (κ1) is 17.9. The zero-order chi connectivity index (χ0) is 14.5. The van der Waals surface area contributed by atoms with Crippen molar-refractivity contribution in [2.24, 2.45) is 0 Å². The molecule has 1 saturated heterocycles. The van der Waals surface area contributed by atoms with E-state index in [2.05, 4.69) is 15.0 Å². The molecule has 120 valence electrons. The summed E-state index contributed by atoms with van der Waals surface area (Å²) in [6.07, 6.45) is 2.36. The fourth-order valence-electron chi connectivity index (χ4n) is 2.68. The van der Waals surface area contributed by atoms with Crippen molar-refractivity contribution in [2.45, 2.75) is 38.8 Å². The van der Waals surface area contributed by atoms with Crippen LogP contribution >= 0.6 is 12.4 Å². The van der Waals surface area contributed by atoms with Crippen LogP contribution in [0.2, 0.25) is 0 Å². The summed E-state index contributed by atoms with van der Waals surface area (Å²) in [6.45, 7) is 5.40. The minimum Gasteiger partial charge on any atom is -0.481 e. The van der Waals surface area contributed by atoms with Crippen LogP contribution in [0.15, 0.2) is 10.6 Å². The average Bonchev–Trinajstić information content (AvgIpc) is 2.82. The van der Waals surface area contributed by atoms with Crippen molar-refractivity contribution in [3.8, 4) is 0 Å². The molecule has 0 amide bonds. The van der Waals surface area contributed by atoms with E-state index in [9.17, 15) is 4.79 Å². The van der Waals surface area contributed by atoms with Gasteiger partial charge in [0.15, 0.2) is 5.76 Å². The van der Waals surface area contributed by atoms with Crippen molar-refractivity contribution in [1.29, 1.82) is 0 Å². The number of carboxylic acids is 1. The minimum atomic E-state index is -0.727. The fourth-order valence-corrected chi connectivity index (χ4v) is 2.68. The predicted octanol–water partition coefficient (Wildman–Crippen LogP) is 1.78. The highest BCUT2D eigenvalue weighted by Gasteiger charge is 2.23. The Morgan fingerprint density at radius 3 is 2.71 bits per heavy atom. The normalized spacial score (nSPS) is 16.9. The van der Waals surface area contributed by atoms with Crippen molar-refractivity contribution < 1.29 is 14.4 Å². The third-order valence-electron chi connectivity index (χ3n) is 3.92. The predicted molar refractivity (Wildman–Crippen MR) is 81.7 cm³/mol. The van der Waals surface area contributed by atoms with Crippen LogP contribution in [0.1, 0.15) is 30.7 Å². The summed E-state index contributed by atoms with van der Waals surface area (Å²) in [5.41, 5.74) is 0.920. The van der Waals surface area contributed by atoms with E-state index in [0.717, 1.165) is 43.9 Å². The third kappa shape index (κ3) is 5.65. The number of hydrogen-bond donors (Lipinski definition) is 1. The van der Waals surface area contributed by atoms with Gasteiger partial charge in [0.05, 0.1) is 18.7 Å². The summed E-state index contributed by atoms with van der Waals surface area (Å²) >= 11 is 0. The van der Waals surface area contributed by atoms with Gasteiger partial charge in [-0.05, 0) is 26.8 Å². The van der Waals surface area contributed by atoms with Crippen LogP contribution in [0.3, 0.4) is 0 Å². The van der Waals surface area contributed by atoms with E-state index in [0.29, 0.717) is 12.6 Å². The maximum absolute atomic E-state index is 10.6. The fraction of sp³-hybridized carbons (Fsp3) is 0.714. The molecular weight excluding hydrogens is 294 g/mol. The number of aromatic nitrogens is 1. The number of aliphatic carboxylic acids is 1. The molecule has 0 spiro atoms. The monoisotopic (exact) mass is 317 g/mol. The van der Waals surface area contributed by atoms with Crippen molar-refractivity contribution in [3.05, 3.63) is 17.5 Å². The summed E-state index contributed by atoms with van der Waals surface area (Å²) in [5.74, 6) is 0.190. The SMILES string of the molecule is Cc1cc(CN2CCC(N(C)CCC(=O)O)CC2)on1.Cl. The van der Waals surface area contributed by atoms with Crippen molar-refractivity contribution in [3.63, 3.8) is 0 Å². The maximum Gasteiger partial charge on any atom is 0.304 e. The molecule has 2 rings (SSSR count). The molecule has 6 nitrogen and oxygen atoms in total. The minimum absolute atomic E-state index is 0. The Bertz CT molecular complexity index is 444. The van der Waals surface area contributed by atoms with Crippen LogP contribution < -0.4 is 0 Å². The van der Waals surface area contributed by atoms with Crippen LogP contribution in [0.25, 0.3) is 0 Å². The van der Waals surface area contributed by atoms with E-state index < -0.39 is 5.97 Å². The van der Waals surface area contributed by atoms with Gasteiger partial charge in [0, 0.05) is 31.7 Å². The molecule has 1 N–H and O–H groups in total. The van der Waals surface area contributed by atoms with Gasteiger partial charge in [-0.2, -0.15) is 0 Å². The largest absolute Gasteiger partial charge is 0.481 e. The third-order valence-corrected chi connectivity index (χ3v) is 3.92. The lowest BCUT2D eigenvalue weighted by atomic mass is 10.0. The number of piperidine rings is 1. The molecule has 1 aromatic heterocycles. The molecule has 2 heterocycles. The second kappa shape index (κ2) is 8.36. The Morgan fingerprint density at radius 2 is 2.19 bits per heavy atom. The van der Waals surface area contributed by atoms with Gasteiger partial charge >= 0.3 is 5.97 Å². The number of aryl methyl sites for hydroxylation is 1. The van der Waals surface area contributed by atoms with Gasteiger partial charge in [-0.15, -0.1) is 12.4 Å². The second-order valence-electron chi connectivity index (χ2n) is 5.57. The van der Waals surface area contributed by atoms with Crippen molar-refractivity contribution in [1.82, 2.24) is 15.0 Å². The van der Waals surface area contributed by atoms with Crippen LogP contribution in [0.5, 0.6) is 0 Å². The summed E-state index contributed by atoms with van der Waals surface area (Å²) in [6, 6.07) is 2.47. The first-order chi connectivity index (χ1) is 9.54. The Kier molecular flexibility index (Phi) is 7.14. The number of halogens is 1. The van der Waals surface area contributed by atoms with E-state index in [-0.39, 0.29) is 18.8 Å². The number of carboxylic acid groups (broad SMARTS) is 1. The quantitative estimate of drug-likeness (QED) is 0.862. The van der Waals surface area contributed by atoms with E-state index in [1.807, 2.05) is 20.0 Å². The Balaban J connectivity index is 0.00000220. The van der Waals surface area contributed by atoms with Crippen LogP contribution in [0.4, 0.5) is 0 Å². The molecule has 21 heavy (non-hydrogen) atoms. The molecule has 0 aromatic carbocycles. The van der Waals surface area contributed by atoms with E-state index in [1.54, 1.807) is 0 Å². The number of hydrogen-bond acceptors (Lipinski definition) is 5. The number of carbonyl (C=O) groups is 1. The maximum atomic E-state index is 10.6. The second-order valence-corrected chi connectivity index (χ2v) is 5.57. The molecule has 0 aliphatic carbocycles. The molecule has 0 unspecified atom stereocenters. The van der Waals surface area contributed by atoms with Crippen LogP contribution in [0, 0.1) is 6.92 Å². The first-order valence-electron chi connectivity index (χ1n) is 7.11. The smallest absolute Gasteiger partial charge is 0.304 e. The number of nitrogens with zero attached hydrogens (tertiary/aromatic N) is 3. The summed E-state index contributed by atoms with van der Waals surface area (Å²) in [7, 11) is 2.02. The Hall–Kier alpha value is -1.11. The van der Waals surface area contributed by atoms with Crippen LogP contribution in [-0.4, -0.2) is 58.8 Å². The molecule has 1 fully saturated rings. The topological polar surface area (TPSA) is 69.8 Å². The molecule has 7 heteroatoms. The lowest BCUT2D eigenvalue weighted by Gasteiger charge is -2.36. The first-order valence-corrected chi connectivity index (χ1v) is 7.11. The highest BCUT2D eigenvalue weighted by molar-refractivity contribution is 5.85. The van der Waals surface area contributed by atoms with Gasteiger partial charge in [-0.3, -0.25) is 9.69 Å². The molecular formula is C14H24ClN3O3. The zero-order valence-corrected chi connectivity index (χ0v) is 13.4. The average molecular weight is 318 g/mol. The lowest BCUT2D eigenvalue weighted by molar-refractivity contribution is -0.137. The van der Waals surface area contributed by atoms with Crippen molar-refractivity contribution in [2.75, 3.05) is 26.7 Å². The molecule has 1 aromatic rings. The van der Waals surface area contributed by atoms with Crippen molar-refractivity contribution >= 4 is 18.4 Å². The van der Waals surface area contributed by atoms with Gasteiger partial charge in [-0.1, -0.05) is 5.16 Å². The van der Waals surface area contributed by atoms with E-state index in [1.165, 1.54) is 0 Å². The molecule has 1 aliphatic heterocycles. The summed E-state index contributed by atoms with van der Waals surface area (Å²) < 4.78 is 5.24. The molecule has 0 radical (unpaired) electrons. The molecule has 1 aliphatic rings. The Labute approximate surface area is 131 Å². The highest BCUT2D eigenvalue weighted by Crippen LogP contribution is 2.18. The highest BCUT2D eigenvalue weighted by atomic mass is 35.5.